The number of carbonyl (C=O) groups excluding carboxylic acids is 1. The molecule has 1 aliphatic heterocycles. The summed E-state index contributed by atoms with van der Waals surface area (Å²) in [6.07, 6.45) is 1.43. The van der Waals surface area contributed by atoms with Crippen molar-refractivity contribution in [1.29, 1.82) is 0 Å². The molecule has 4 saturated carbocycles. The number of carboxylic acids is 1. The number of rotatable bonds is 4. The molecule has 256 valence electrons. The third-order valence-electron chi connectivity index (χ3n) is 15.3. The quantitative estimate of drug-likeness (QED) is 0.232. The van der Waals surface area contributed by atoms with E-state index in [2.05, 4.69) is 47.6 Å². The Labute approximate surface area is 268 Å². The fraction of sp³-hybridized carbons (Fsp3) is 0.917. The lowest BCUT2D eigenvalue weighted by atomic mass is 9.33. The number of carboxylic acid groups (broad SMARTS) is 1. The van der Waals surface area contributed by atoms with Gasteiger partial charge in [-0.1, -0.05) is 60.1 Å². The number of aliphatic hydroxyl groups is 5. The Bertz CT molecular complexity index is 1220. The Morgan fingerprint density at radius 1 is 0.889 bits per heavy atom. The first-order chi connectivity index (χ1) is 20.8. The summed E-state index contributed by atoms with van der Waals surface area (Å²) >= 11 is 0. The van der Waals surface area contributed by atoms with Gasteiger partial charge in [0.05, 0.1) is 24.8 Å². The Morgan fingerprint density at radius 3 is 2.22 bits per heavy atom. The Hall–Kier alpha value is -1.07. The van der Waals surface area contributed by atoms with E-state index in [1.54, 1.807) is 5.57 Å². The van der Waals surface area contributed by atoms with Gasteiger partial charge < -0.3 is 44.9 Å². The van der Waals surface area contributed by atoms with Crippen LogP contribution >= 0.6 is 0 Å². The van der Waals surface area contributed by atoms with Gasteiger partial charge in [0.2, 0.25) is 0 Å². The minimum Gasteiger partial charge on any atom is -0.547 e. The SMILES string of the molecule is CC1(C)C[C@@H](O)[C@]2(C)CC[C@]3(C)C(=CC[C@@H]4[C@@]5(C)CC[C@H](O[C@@H]6O[C@H](C(=O)[O-])[C@@H](O)[C@H](O)[C@H]6O)[C@](C)(CO)[C@@H]5CC[C@]43C)[C@@H]2C1. The molecule has 0 bridgehead atoms. The molecule has 5 aliphatic carbocycles. The molecule has 9 heteroatoms. The summed E-state index contributed by atoms with van der Waals surface area (Å²) in [4.78, 5) is 11.6. The van der Waals surface area contributed by atoms with E-state index in [1.807, 2.05) is 6.92 Å². The molecule has 6 aliphatic rings. The fourth-order valence-corrected chi connectivity index (χ4v) is 12.2. The van der Waals surface area contributed by atoms with Crippen molar-refractivity contribution in [3.05, 3.63) is 11.6 Å². The number of allylic oxidation sites excluding steroid dienone is 2. The number of ether oxygens (including phenoxy) is 2. The van der Waals surface area contributed by atoms with Crippen LogP contribution in [0.25, 0.3) is 0 Å². The lowest BCUT2D eigenvalue weighted by Gasteiger charge is -2.72. The molecule has 0 aromatic carbocycles. The van der Waals surface area contributed by atoms with E-state index in [4.69, 9.17) is 9.47 Å². The molecular formula is C36H57O9-. The normalized spacial score (nSPS) is 55.8. The van der Waals surface area contributed by atoms with Crippen molar-refractivity contribution in [3.63, 3.8) is 0 Å². The van der Waals surface area contributed by atoms with E-state index < -0.39 is 48.2 Å². The van der Waals surface area contributed by atoms with Crippen LogP contribution in [0, 0.1) is 50.2 Å². The van der Waals surface area contributed by atoms with E-state index >= 15 is 0 Å². The Balaban J connectivity index is 1.30. The van der Waals surface area contributed by atoms with Gasteiger partial charge in [0, 0.05) is 10.8 Å². The average molecular weight is 634 g/mol. The van der Waals surface area contributed by atoms with Gasteiger partial charge in [0.25, 0.3) is 0 Å². The zero-order valence-corrected chi connectivity index (χ0v) is 28.3. The number of aliphatic carboxylic acids is 1. The molecular weight excluding hydrogens is 576 g/mol. The molecule has 1 heterocycles. The molecule has 5 N–H and O–H groups in total. The maximum absolute atomic E-state index is 11.6. The molecule has 45 heavy (non-hydrogen) atoms. The van der Waals surface area contributed by atoms with Gasteiger partial charge in [0.1, 0.15) is 24.4 Å². The number of hydrogen-bond acceptors (Lipinski definition) is 9. The van der Waals surface area contributed by atoms with Crippen molar-refractivity contribution in [2.24, 2.45) is 50.2 Å². The Kier molecular flexibility index (Phi) is 8.05. The minimum atomic E-state index is -1.84. The summed E-state index contributed by atoms with van der Waals surface area (Å²) in [6, 6.07) is 0. The zero-order chi connectivity index (χ0) is 33.1. The smallest absolute Gasteiger partial charge is 0.187 e. The summed E-state index contributed by atoms with van der Waals surface area (Å²) < 4.78 is 11.7. The van der Waals surface area contributed by atoms with Gasteiger partial charge in [-0.25, -0.2) is 0 Å². The van der Waals surface area contributed by atoms with Crippen LogP contribution in [0.15, 0.2) is 11.6 Å². The van der Waals surface area contributed by atoms with Crippen molar-refractivity contribution in [3.8, 4) is 0 Å². The first-order valence-corrected chi connectivity index (χ1v) is 17.3. The van der Waals surface area contributed by atoms with Crippen LogP contribution in [-0.4, -0.2) is 81.0 Å². The molecule has 0 amide bonds. The highest BCUT2D eigenvalue weighted by atomic mass is 16.7. The summed E-state index contributed by atoms with van der Waals surface area (Å²) in [5.74, 6) is -0.845. The lowest BCUT2D eigenvalue weighted by molar-refractivity contribution is -0.360. The van der Waals surface area contributed by atoms with Gasteiger partial charge in [-0.2, -0.15) is 0 Å². The van der Waals surface area contributed by atoms with Crippen LogP contribution in [0.1, 0.15) is 106 Å². The van der Waals surface area contributed by atoms with Crippen molar-refractivity contribution >= 4 is 5.97 Å². The average Bonchev–Trinajstić information content (AvgIpc) is 2.96. The maximum atomic E-state index is 11.6. The van der Waals surface area contributed by atoms with Crippen molar-refractivity contribution in [1.82, 2.24) is 0 Å². The standard InChI is InChI=1S/C36H58O9/c1-31(2)16-20-19-8-9-22-33(4)12-11-24(44-30-27(41)25(39)26(40)28(45-30)29(42)43)34(5,18-37)21(33)10-13-36(22,7)35(19,6)15-14-32(20,3)23(38)17-31/h8,20-28,30,37-41H,9-18H2,1-7H3,(H,42,43)/p-1/t20-,21+,22+,23+,24-,25-,26-,27+,28-,30+,32+,33-,34+,35+,36+/m0/s1. The van der Waals surface area contributed by atoms with Crippen LogP contribution in [0.2, 0.25) is 0 Å². The van der Waals surface area contributed by atoms with Crippen LogP contribution < -0.4 is 5.11 Å². The molecule has 9 nitrogen and oxygen atoms in total. The molecule has 5 fully saturated rings. The molecule has 15 atom stereocenters. The van der Waals surface area contributed by atoms with E-state index in [0.29, 0.717) is 18.3 Å². The van der Waals surface area contributed by atoms with E-state index in [0.717, 1.165) is 51.4 Å². The predicted octanol–water partition coefficient (Wildman–Crippen LogP) is 2.69. The maximum Gasteiger partial charge on any atom is 0.187 e. The summed E-state index contributed by atoms with van der Waals surface area (Å²) in [6.45, 7) is 16.2. The zero-order valence-electron chi connectivity index (χ0n) is 28.3. The van der Waals surface area contributed by atoms with Gasteiger partial charge in [-0.15, -0.1) is 0 Å². The molecule has 0 unspecified atom stereocenters. The highest BCUT2D eigenvalue weighted by Gasteiger charge is 2.69. The highest BCUT2D eigenvalue weighted by molar-refractivity contribution is 5.71. The highest BCUT2D eigenvalue weighted by Crippen LogP contribution is 2.75. The number of fused-ring (bicyclic) bond motifs is 7. The van der Waals surface area contributed by atoms with Crippen molar-refractivity contribution in [2.75, 3.05) is 6.61 Å². The second kappa shape index (κ2) is 10.7. The van der Waals surface area contributed by atoms with Crippen LogP contribution in [0.3, 0.4) is 0 Å². The Morgan fingerprint density at radius 2 is 1.58 bits per heavy atom. The van der Waals surface area contributed by atoms with Gasteiger partial charge >= 0.3 is 0 Å². The fourth-order valence-electron chi connectivity index (χ4n) is 12.2. The number of hydrogen-bond donors (Lipinski definition) is 5. The van der Waals surface area contributed by atoms with Gasteiger partial charge in [0.15, 0.2) is 6.29 Å². The lowest BCUT2D eigenvalue weighted by Crippen LogP contribution is -2.67. The van der Waals surface area contributed by atoms with Crippen molar-refractivity contribution in [2.45, 2.75) is 149 Å². The van der Waals surface area contributed by atoms with Crippen LogP contribution in [-0.2, 0) is 14.3 Å². The van der Waals surface area contributed by atoms with Crippen LogP contribution in [0.4, 0.5) is 0 Å². The number of carbonyl (C=O) groups is 1. The van der Waals surface area contributed by atoms with E-state index in [-0.39, 0.29) is 45.7 Å². The second-order valence-electron chi connectivity index (χ2n) is 18.0. The van der Waals surface area contributed by atoms with Crippen molar-refractivity contribution < 1.29 is 44.9 Å². The summed E-state index contributed by atoms with van der Waals surface area (Å²) in [5.41, 5.74) is 0.820. The van der Waals surface area contributed by atoms with Crippen LogP contribution in [0.5, 0.6) is 0 Å². The number of aliphatic hydroxyl groups excluding tert-OH is 5. The van der Waals surface area contributed by atoms with Gasteiger partial charge in [-0.3, -0.25) is 0 Å². The van der Waals surface area contributed by atoms with E-state index in [1.165, 1.54) is 0 Å². The molecule has 0 aromatic rings. The first-order valence-electron chi connectivity index (χ1n) is 17.3. The molecule has 6 rings (SSSR count). The third kappa shape index (κ3) is 4.61. The topological polar surface area (TPSA) is 160 Å². The summed E-state index contributed by atoms with van der Waals surface area (Å²) in [7, 11) is 0. The first kappa shape index (κ1) is 33.8. The molecule has 0 spiro atoms. The molecule has 1 saturated heterocycles. The minimum absolute atomic E-state index is 0.0150. The third-order valence-corrected chi connectivity index (χ3v) is 15.3. The molecule has 0 radical (unpaired) electrons. The second-order valence-corrected chi connectivity index (χ2v) is 18.0. The monoisotopic (exact) mass is 633 g/mol. The predicted molar refractivity (Wildman–Crippen MR) is 164 cm³/mol. The largest absolute Gasteiger partial charge is 0.547 e. The summed E-state index contributed by atoms with van der Waals surface area (Å²) in [5, 5.41) is 65.2. The van der Waals surface area contributed by atoms with Gasteiger partial charge in [-0.05, 0) is 97.2 Å². The molecule has 0 aromatic heterocycles. The van der Waals surface area contributed by atoms with E-state index in [9.17, 15) is 35.4 Å².